The van der Waals surface area contributed by atoms with Crippen LogP contribution in [0.3, 0.4) is 0 Å². The fourth-order valence-electron chi connectivity index (χ4n) is 2.89. The smallest absolute Gasteiger partial charge is 0.258 e. The summed E-state index contributed by atoms with van der Waals surface area (Å²) in [5.41, 5.74) is 1.47. The zero-order valence-corrected chi connectivity index (χ0v) is 16.2. The number of pyridine rings is 1. The number of halogens is 1. The zero-order valence-electron chi connectivity index (χ0n) is 15.4. The van der Waals surface area contributed by atoms with Crippen LogP contribution in [0.4, 0.5) is 5.69 Å². The lowest BCUT2D eigenvalue weighted by atomic mass is 10.1. The molecular formula is C21H22ClN3O2. The topological polar surface area (TPSA) is 54.3 Å². The van der Waals surface area contributed by atoms with Crippen molar-refractivity contribution >= 4 is 34.0 Å². The number of aromatic nitrogens is 1. The van der Waals surface area contributed by atoms with Crippen LogP contribution in [0.5, 0.6) is 0 Å². The lowest BCUT2D eigenvalue weighted by Gasteiger charge is -2.13. The van der Waals surface area contributed by atoms with Crippen molar-refractivity contribution in [1.82, 2.24) is 9.47 Å². The Balaban J connectivity index is 1.82. The van der Waals surface area contributed by atoms with Crippen LogP contribution < -0.4 is 10.9 Å². The van der Waals surface area contributed by atoms with Crippen molar-refractivity contribution in [1.29, 1.82) is 0 Å². The summed E-state index contributed by atoms with van der Waals surface area (Å²) in [6, 6.07) is 14.5. The van der Waals surface area contributed by atoms with Gasteiger partial charge in [0, 0.05) is 40.8 Å². The molecule has 0 unspecified atom stereocenters. The number of likely N-dealkylation sites (N-methyl/N-ethyl adjacent to an activating group) is 1. The molecule has 140 valence electrons. The third kappa shape index (κ3) is 4.76. The highest BCUT2D eigenvalue weighted by Crippen LogP contribution is 2.21. The summed E-state index contributed by atoms with van der Waals surface area (Å²) in [5.74, 6) is -0.137. The second-order valence-corrected chi connectivity index (χ2v) is 7.17. The highest BCUT2D eigenvalue weighted by atomic mass is 35.5. The molecule has 1 heterocycles. The highest BCUT2D eigenvalue weighted by molar-refractivity contribution is 6.30. The molecule has 0 fully saturated rings. The Bertz CT molecular complexity index is 1010. The van der Waals surface area contributed by atoms with Crippen LogP contribution in [0.2, 0.25) is 5.02 Å². The van der Waals surface area contributed by atoms with Crippen LogP contribution in [0.1, 0.15) is 5.56 Å². The minimum absolute atomic E-state index is 0.0526. The summed E-state index contributed by atoms with van der Waals surface area (Å²) in [7, 11) is 3.95. The number of rotatable bonds is 6. The molecule has 0 radical (unpaired) electrons. The third-order valence-electron chi connectivity index (χ3n) is 4.36. The predicted octanol–water partition coefficient (Wildman–Crippen LogP) is 3.40. The average Bonchev–Trinajstić information content (AvgIpc) is 2.63. The first kappa shape index (κ1) is 19.1. The zero-order chi connectivity index (χ0) is 19.4. The maximum atomic E-state index is 12.7. The first-order valence-electron chi connectivity index (χ1n) is 8.75. The van der Waals surface area contributed by atoms with Crippen molar-refractivity contribution in [2.24, 2.45) is 0 Å². The van der Waals surface area contributed by atoms with Crippen LogP contribution in [0, 0.1) is 0 Å². The van der Waals surface area contributed by atoms with Crippen molar-refractivity contribution in [3.8, 4) is 0 Å². The van der Waals surface area contributed by atoms with Gasteiger partial charge < -0.3 is 14.8 Å². The summed E-state index contributed by atoms with van der Waals surface area (Å²) in [6.45, 7) is 1.40. The van der Waals surface area contributed by atoms with Gasteiger partial charge in [-0.2, -0.15) is 0 Å². The third-order valence-corrected chi connectivity index (χ3v) is 4.61. The van der Waals surface area contributed by atoms with E-state index >= 15 is 0 Å². The van der Waals surface area contributed by atoms with Gasteiger partial charge in [-0.25, -0.2) is 0 Å². The highest BCUT2D eigenvalue weighted by Gasteiger charge is 2.10. The lowest BCUT2D eigenvalue weighted by Crippen LogP contribution is -2.26. The summed E-state index contributed by atoms with van der Waals surface area (Å²) in [6.07, 6.45) is 2.02. The minimum Gasteiger partial charge on any atom is -0.325 e. The normalized spacial score (nSPS) is 11.1. The van der Waals surface area contributed by atoms with E-state index in [1.165, 1.54) is 0 Å². The summed E-state index contributed by atoms with van der Waals surface area (Å²) in [4.78, 5) is 27.2. The van der Waals surface area contributed by atoms with Crippen molar-refractivity contribution < 1.29 is 4.79 Å². The number of hydrogen-bond acceptors (Lipinski definition) is 3. The number of carbonyl (C=O) groups excluding carboxylic acids is 1. The molecule has 1 N–H and O–H groups in total. The standard InChI is InChI=1S/C21H22ClN3O2/c1-24(2)12-13-25-11-10-17-18(21(25)27)4-3-5-19(17)23-20(26)14-15-6-8-16(22)9-7-15/h3-11H,12-14H2,1-2H3,(H,23,26). The van der Waals surface area contributed by atoms with E-state index in [1.54, 1.807) is 35.0 Å². The van der Waals surface area contributed by atoms with Crippen molar-refractivity contribution in [3.63, 3.8) is 0 Å². The molecule has 5 nitrogen and oxygen atoms in total. The van der Waals surface area contributed by atoms with E-state index in [0.29, 0.717) is 22.6 Å². The SMILES string of the molecule is CN(C)CCn1ccc2c(NC(=O)Cc3ccc(Cl)cc3)cccc2c1=O. The number of amides is 1. The van der Waals surface area contributed by atoms with E-state index in [-0.39, 0.29) is 17.9 Å². The second-order valence-electron chi connectivity index (χ2n) is 6.74. The quantitative estimate of drug-likeness (QED) is 0.709. The molecule has 1 aromatic heterocycles. The Morgan fingerprint density at radius 2 is 1.81 bits per heavy atom. The first-order chi connectivity index (χ1) is 12.9. The molecule has 0 bridgehead atoms. The van der Waals surface area contributed by atoms with E-state index in [1.807, 2.05) is 43.3 Å². The van der Waals surface area contributed by atoms with Crippen LogP contribution in [0.15, 0.2) is 59.5 Å². The molecule has 3 rings (SSSR count). The van der Waals surface area contributed by atoms with Crippen molar-refractivity contribution in [3.05, 3.63) is 75.7 Å². The Hall–Kier alpha value is -2.63. The molecule has 3 aromatic rings. The van der Waals surface area contributed by atoms with Crippen LogP contribution in [0.25, 0.3) is 10.8 Å². The maximum Gasteiger partial charge on any atom is 0.258 e. The van der Waals surface area contributed by atoms with Gasteiger partial charge >= 0.3 is 0 Å². The Kier molecular flexibility index (Phi) is 5.94. The second kappa shape index (κ2) is 8.37. The van der Waals surface area contributed by atoms with Gasteiger partial charge in [0.25, 0.3) is 5.56 Å². The largest absolute Gasteiger partial charge is 0.325 e. The van der Waals surface area contributed by atoms with Crippen molar-refractivity contribution in [2.75, 3.05) is 26.0 Å². The Morgan fingerprint density at radius 1 is 1.07 bits per heavy atom. The number of nitrogens with one attached hydrogen (secondary N) is 1. The van der Waals surface area contributed by atoms with Crippen LogP contribution in [-0.2, 0) is 17.8 Å². The molecule has 27 heavy (non-hydrogen) atoms. The molecular weight excluding hydrogens is 362 g/mol. The van der Waals surface area contributed by atoms with Gasteiger partial charge in [-0.05, 0) is 50.0 Å². The van der Waals surface area contributed by atoms with E-state index in [9.17, 15) is 9.59 Å². The fourth-order valence-corrected chi connectivity index (χ4v) is 3.02. The molecule has 0 aliphatic carbocycles. The number of benzene rings is 2. The van der Waals surface area contributed by atoms with E-state index in [4.69, 9.17) is 11.6 Å². The van der Waals surface area contributed by atoms with Gasteiger partial charge in [0.15, 0.2) is 0 Å². The Morgan fingerprint density at radius 3 is 2.52 bits per heavy atom. The Labute approximate surface area is 163 Å². The van der Waals surface area contributed by atoms with E-state index in [2.05, 4.69) is 5.32 Å². The molecule has 2 aromatic carbocycles. The van der Waals surface area contributed by atoms with Crippen LogP contribution in [-0.4, -0.2) is 36.0 Å². The van der Waals surface area contributed by atoms with Gasteiger partial charge in [0.2, 0.25) is 5.91 Å². The summed E-state index contributed by atoms with van der Waals surface area (Å²) in [5, 5.41) is 4.90. The van der Waals surface area contributed by atoms with E-state index in [0.717, 1.165) is 17.5 Å². The van der Waals surface area contributed by atoms with Gasteiger partial charge in [-0.1, -0.05) is 29.8 Å². The molecule has 6 heteroatoms. The number of anilines is 1. The number of hydrogen-bond donors (Lipinski definition) is 1. The number of carbonyl (C=O) groups is 1. The molecule has 0 spiro atoms. The minimum atomic E-state index is -0.137. The number of nitrogens with zero attached hydrogens (tertiary/aromatic N) is 2. The average molecular weight is 384 g/mol. The number of fused-ring (bicyclic) bond motifs is 1. The summed E-state index contributed by atoms with van der Waals surface area (Å²) >= 11 is 5.88. The molecule has 0 aliphatic heterocycles. The van der Waals surface area contributed by atoms with Crippen LogP contribution >= 0.6 is 11.6 Å². The van der Waals surface area contributed by atoms with Gasteiger partial charge in [-0.3, -0.25) is 9.59 Å². The summed E-state index contributed by atoms with van der Waals surface area (Å²) < 4.78 is 1.70. The van der Waals surface area contributed by atoms with Crippen molar-refractivity contribution in [2.45, 2.75) is 13.0 Å². The monoisotopic (exact) mass is 383 g/mol. The molecule has 0 atom stereocenters. The van der Waals surface area contributed by atoms with Gasteiger partial charge in [0.05, 0.1) is 6.42 Å². The maximum absolute atomic E-state index is 12.7. The lowest BCUT2D eigenvalue weighted by molar-refractivity contribution is -0.115. The van der Waals surface area contributed by atoms with Gasteiger partial charge in [-0.15, -0.1) is 0 Å². The molecule has 0 saturated heterocycles. The van der Waals surface area contributed by atoms with E-state index < -0.39 is 0 Å². The fraction of sp³-hybridized carbons (Fsp3) is 0.238. The van der Waals surface area contributed by atoms with Gasteiger partial charge in [0.1, 0.15) is 0 Å². The molecule has 0 aliphatic rings. The first-order valence-corrected chi connectivity index (χ1v) is 9.13. The molecule has 1 amide bonds. The predicted molar refractivity (Wildman–Crippen MR) is 111 cm³/mol. The molecule has 0 saturated carbocycles.